The Balaban J connectivity index is 2.28. The molecule has 0 heterocycles. The molecule has 3 nitrogen and oxygen atoms in total. The van der Waals surface area contributed by atoms with Gasteiger partial charge in [0.1, 0.15) is 0 Å². The Morgan fingerprint density at radius 3 is 2.79 bits per heavy atom. The minimum atomic E-state index is -0.0456. The van der Waals surface area contributed by atoms with E-state index in [9.17, 15) is 4.79 Å². The van der Waals surface area contributed by atoms with Crippen molar-refractivity contribution in [3.63, 3.8) is 0 Å². The molecule has 0 spiro atoms. The number of nitrogens with one attached hydrogen (secondary N) is 1. The fourth-order valence-corrected chi connectivity index (χ4v) is 2.27. The fraction of sp³-hybridized carbons (Fsp3) is 0.533. The van der Waals surface area contributed by atoms with Crippen molar-refractivity contribution in [1.82, 2.24) is 5.32 Å². The lowest BCUT2D eigenvalue weighted by atomic mass is 10.1. The molecule has 0 aromatic heterocycles. The molecule has 0 radical (unpaired) electrons. The highest BCUT2D eigenvalue weighted by Crippen LogP contribution is 2.18. The van der Waals surface area contributed by atoms with E-state index in [2.05, 4.69) is 35.1 Å². The van der Waals surface area contributed by atoms with Gasteiger partial charge in [-0.2, -0.15) is 0 Å². The zero-order chi connectivity index (χ0) is 14.3. The Morgan fingerprint density at radius 1 is 1.42 bits per heavy atom. The first-order valence-electron chi connectivity index (χ1n) is 6.62. The van der Waals surface area contributed by atoms with Gasteiger partial charge < -0.3 is 10.1 Å². The van der Waals surface area contributed by atoms with Gasteiger partial charge in [0.15, 0.2) is 0 Å². The number of halogens is 1. The number of hydrogen-bond donors (Lipinski definition) is 1. The van der Waals surface area contributed by atoms with E-state index in [0.717, 1.165) is 23.1 Å². The number of carbonyl (C=O) groups excluding carboxylic acids is 1. The van der Waals surface area contributed by atoms with Gasteiger partial charge in [0.2, 0.25) is 0 Å². The van der Waals surface area contributed by atoms with Crippen LogP contribution in [0.2, 0.25) is 0 Å². The Bertz CT molecular complexity index is 419. The molecule has 0 atom stereocenters. The van der Waals surface area contributed by atoms with E-state index in [1.54, 1.807) is 0 Å². The van der Waals surface area contributed by atoms with E-state index in [1.165, 1.54) is 0 Å². The summed E-state index contributed by atoms with van der Waals surface area (Å²) in [6.07, 6.45) is 0.835. The molecule has 1 N–H and O–H groups in total. The van der Waals surface area contributed by atoms with Crippen LogP contribution in [0.15, 0.2) is 22.7 Å². The van der Waals surface area contributed by atoms with E-state index in [1.807, 2.05) is 25.1 Å². The van der Waals surface area contributed by atoms with E-state index >= 15 is 0 Å². The topological polar surface area (TPSA) is 38.3 Å². The maximum Gasteiger partial charge on any atom is 0.252 e. The lowest BCUT2D eigenvalue weighted by Gasteiger charge is -2.09. The van der Waals surface area contributed by atoms with Crippen LogP contribution in [0.3, 0.4) is 0 Å². The maximum atomic E-state index is 11.9. The third-order valence-corrected chi connectivity index (χ3v) is 3.23. The second-order valence-electron chi connectivity index (χ2n) is 5.06. The van der Waals surface area contributed by atoms with Crippen LogP contribution in [-0.4, -0.2) is 25.7 Å². The van der Waals surface area contributed by atoms with Gasteiger partial charge in [-0.15, -0.1) is 0 Å². The monoisotopic (exact) mass is 327 g/mol. The number of benzene rings is 1. The molecule has 19 heavy (non-hydrogen) atoms. The van der Waals surface area contributed by atoms with Crippen molar-refractivity contribution in [2.45, 2.75) is 27.2 Å². The molecule has 1 aromatic carbocycles. The molecule has 4 heteroatoms. The summed E-state index contributed by atoms with van der Waals surface area (Å²) in [5.41, 5.74) is 1.80. The van der Waals surface area contributed by atoms with Crippen LogP contribution in [0.5, 0.6) is 0 Å². The molecule has 1 rings (SSSR count). The molecule has 0 saturated heterocycles. The SMILES string of the molecule is Cc1ccc(C(=O)NCCCOCC(C)C)c(Br)c1. The first kappa shape index (κ1) is 16.2. The second kappa shape index (κ2) is 8.33. The lowest BCUT2D eigenvalue weighted by Crippen LogP contribution is -2.25. The van der Waals surface area contributed by atoms with Gasteiger partial charge in [-0.1, -0.05) is 19.9 Å². The van der Waals surface area contributed by atoms with Crippen LogP contribution in [-0.2, 0) is 4.74 Å². The van der Waals surface area contributed by atoms with E-state index < -0.39 is 0 Å². The van der Waals surface area contributed by atoms with Crippen LogP contribution in [0.1, 0.15) is 36.2 Å². The fourth-order valence-electron chi connectivity index (χ4n) is 1.59. The first-order valence-corrected chi connectivity index (χ1v) is 7.42. The van der Waals surface area contributed by atoms with Crippen LogP contribution in [0.4, 0.5) is 0 Å². The molecular weight excluding hydrogens is 306 g/mol. The average Bonchev–Trinajstić information content (AvgIpc) is 2.32. The highest BCUT2D eigenvalue weighted by atomic mass is 79.9. The third kappa shape index (κ3) is 6.21. The van der Waals surface area contributed by atoms with Gasteiger partial charge in [0.25, 0.3) is 5.91 Å². The molecule has 0 unspecified atom stereocenters. The molecule has 0 aliphatic heterocycles. The minimum Gasteiger partial charge on any atom is -0.381 e. The second-order valence-corrected chi connectivity index (χ2v) is 5.92. The molecule has 0 saturated carbocycles. The zero-order valence-corrected chi connectivity index (χ0v) is 13.4. The first-order chi connectivity index (χ1) is 9.00. The zero-order valence-electron chi connectivity index (χ0n) is 11.8. The van der Waals surface area contributed by atoms with Gasteiger partial charge in [-0.25, -0.2) is 0 Å². The van der Waals surface area contributed by atoms with Gasteiger partial charge >= 0.3 is 0 Å². The van der Waals surface area contributed by atoms with Gasteiger partial charge in [0.05, 0.1) is 5.56 Å². The maximum absolute atomic E-state index is 11.9. The summed E-state index contributed by atoms with van der Waals surface area (Å²) < 4.78 is 6.30. The van der Waals surface area contributed by atoms with Gasteiger partial charge in [0, 0.05) is 24.2 Å². The standard InChI is InChI=1S/C15H22BrNO2/c1-11(2)10-19-8-4-7-17-15(18)13-6-5-12(3)9-14(13)16/h5-6,9,11H,4,7-8,10H2,1-3H3,(H,17,18). The van der Waals surface area contributed by atoms with Gasteiger partial charge in [-0.05, 0) is 52.9 Å². The number of ether oxygens (including phenoxy) is 1. The number of hydrogen-bond acceptors (Lipinski definition) is 2. The molecule has 0 fully saturated rings. The van der Waals surface area contributed by atoms with Crippen molar-refractivity contribution in [3.05, 3.63) is 33.8 Å². The summed E-state index contributed by atoms with van der Waals surface area (Å²) >= 11 is 3.41. The van der Waals surface area contributed by atoms with E-state index in [-0.39, 0.29) is 5.91 Å². The number of amides is 1. The van der Waals surface area contributed by atoms with Crippen molar-refractivity contribution >= 4 is 21.8 Å². The van der Waals surface area contributed by atoms with Crippen molar-refractivity contribution < 1.29 is 9.53 Å². The summed E-state index contributed by atoms with van der Waals surface area (Å²) in [5.74, 6) is 0.508. The summed E-state index contributed by atoms with van der Waals surface area (Å²) in [6.45, 7) is 8.34. The molecule has 1 aromatic rings. The van der Waals surface area contributed by atoms with Crippen molar-refractivity contribution in [2.75, 3.05) is 19.8 Å². The summed E-state index contributed by atoms with van der Waals surface area (Å²) in [7, 11) is 0. The van der Waals surface area contributed by atoms with Crippen molar-refractivity contribution in [1.29, 1.82) is 0 Å². The Hall–Kier alpha value is -0.870. The predicted molar refractivity (Wildman–Crippen MR) is 81.5 cm³/mol. The van der Waals surface area contributed by atoms with E-state index in [0.29, 0.717) is 24.6 Å². The smallest absolute Gasteiger partial charge is 0.252 e. The normalized spacial score (nSPS) is 10.8. The van der Waals surface area contributed by atoms with Crippen LogP contribution in [0, 0.1) is 12.8 Å². The highest BCUT2D eigenvalue weighted by Gasteiger charge is 2.08. The van der Waals surface area contributed by atoms with Crippen LogP contribution >= 0.6 is 15.9 Å². The quantitative estimate of drug-likeness (QED) is 0.778. The van der Waals surface area contributed by atoms with Crippen molar-refractivity contribution in [2.24, 2.45) is 5.92 Å². The highest BCUT2D eigenvalue weighted by molar-refractivity contribution is 9.10. The molecule has 0 aliphatic rings. The number of aryl methyl sites for hydroxylation is 1. The predicted octanol–water partition coefficient (Wildman–Crippen LogP) is 3.55. The lowest BCUT2D eigenvalue weighted by molar-refractivity contribution is 0.0924. The van der Waals surface area contributed by atoms with Crippen LogP contribution < -0.4 is 5.32 Å². The molecule has 106 valence electrons. The summed E-state index contributed by atoms with van der Waals surface area (Å²) in [6, 6.07) is 5.72. The molecular formula is C15H22BrNO2. The average molecular weight is 328 g/mol. The third-order valence-electron chi connectivity index (χ3n) is 2.57. The molecule has 0 aliphatic carbocycles. The Morgan fingerprint density at radius 2 is 2.16 bits per heavy atom. The molecule has 1 amide bonds. The van der Waals surface area contributed by atoms with E-state index in [4.69, 9.17) is 4.74 Å². The largest absolute Gasteiger partial charge is 0.381 e. The number of rotatable bonds is 7. The molecule has 0 bridgehead atoms. The minimum absolute atomic E-state index is 0.0456. The summed E-state index contributed by atoms with van der Waals surface area (Å²) in [5, 5.41) is 2.90. The van der Waals surface area contributed by atoms with Crippen LogP contribution in [0.25, 0.3) is 0 Å². The van der Waals surface area contributed by atoms with Crippen molar-refractivity contribution in [3.8, 4) is 0 Å². The number of carbonyl (C=O) groups is 1. The van der Waals surface area contributed by atoms with Gasteiger partial charge in [-0.3, -0.25) is 4.79 Å². The summed E-state index contributed by atoms with van der Waals surface area (Å²) in [4.78, 5) is 11.9. The Kier molecular flexibility index (Phi) is 7.10. The Labute approximate surface area is 123 Å².